The molecule has 0 aliphatic heterocycles. The van der Waals surface area contributed by atoms with E-state index in [1.807, 2.05) is 28.8 Å². The number of esters is 1. The van der Waals surface area contributed by atoms with Crippen LogP contribution in [0.4, 0.5) is 0 Å². The molecular formula is C12H13IN2O3. The fourth-order valence-electron chi connectivity index (χ4n) is 1.54. The lowest BCUT2D eigenvalue weighted by Gasteiger charge is -2.02. The quantitative estimate of drug-likeness (QED) is 0.605. The van der Waals surface area contributed by atoms with Crippen molar-refractivity contribution in [3.05, 3.63) is 33.8 Å². The lowest BCUT2D eigenvalue weighted by atomic mass is 10.5. The molecule has 0 saturated carbocycles. The number of halogens is 1. The molecule has 0 saturated heterocycles. The SMILES string of the molecule is CCOC(=O)COCc1nc2ccccn2c1I. The number of aromatic nitrogens is 2. The van der Waals surface area contributed by atoms with Crippen LogP contribution in [0.3, 0.4) is 0 Å². The number of carbonyl (C=O) groups is 1. The number of imidazole rings is 1. The van der Waals surface area contributed by atoms with Gasteiger partial charge in [0.1, 0.15) is 16.0 Å². The number of fused-ring (bicyclic) bond motifs is 1. The van der Waals surface area contributed by atoms with E-state index < -0.39 is 0 Å². The maximum atomic E-state index is 11.1. The van der Waals surface area contributed by atoms with E-state index in [0.717, 1.165) is 15.0 Å². The zero-order valence-electron chi connectivity index (χ0n) is 9.93. The minimum absolute atomic E-state index is 0.0439. The average Bonchev–Trinajstić information content (AvgIpc) is 2.68. The molecule has 96 valence electrons. The molecule has 0 bridgehead atoms. The molecule has 0 amide bonds. The van der Waals surface area contributed by atoms with E-state index in [1.165, 1.54) is 0 Å². The van der Waals surface area contributed by atoms with Gasteiger partial charge in [-0.05, 0) is 41.6 Å². The molecule has 2 aromatic rings. The standard InChI is InChI=1S/C12H13IN2O3/c1-2-18-11(16)8-17-7-9-12(13)15-6-4-3-5-10(15)14-9/h3-6H,2,7-8H2,1H3. The van der Waals surface area contributed by atoms with Crippen LogP contribution < -0.4 is 0 Å². The molecule has 0 N–H and O–H groups in total. The molecule has 0 unspecified atom stereocenters. The zero-order chi connectivity index (χ0) is 13.0. The highest BCUT2D eigenvalue weighted by molar-refractivity contribution is 14.1. The molecule has 0 radical (unpaired) electrons. The highest BCUT2D eigenvalue weighted by Gasteiger charge is 2.10. The Morgan fingerprint density at radius 1 is 1.50 bits per heavy atom. The Labute approximate surface area is 118 Å². The van der Waals surface area contributed by atoms with Crippen LogP contribution in [0.2, 0.25) is 0 Å². The van der Waals surface area contributed by atoms with Crippen molar-refractivity contribution >= 4 is 34.2 Å². The lowest BCUT2D eigenvalue weighted by Crippen LogP contribution is -2.12. The number of nitrogens with zero attached hydrogens (tertiary/aromatic N) is 2. The van der Waals surface area contributed by atoms with E-state index in [4.69, 9.17) is 9.47 Å². The Balaban J connectivity index is 1.99. The summed E-state index contributed by atoms with van der Waals surface area (Å²) >= 11 is 2.21. The average molecular weight is 360 g/mol. The third-order valence-corrected chi connectivity index (χ3v) is 3.44. The van der Waals surface area contributed by atoms with Gasteiger partial charge >= 0.3 is 5.97 Å². The molecular weight excluding hydrogens is 347 g/mol. The lowest BCUT2D eigenvalue weighted by molar-refractivity contribution is -0.148. The van der Waals surface area contributed by atoms with Gasteiger partial charge in [-0.3, -0.25) is 4.40 Å². The fourth-order valence-corrected chi connectivity index (χ4v) is 2.22. The first-order chi connectivity index (χ1) is 8.72. The summed E-state index contributed by atoms with van der Waals surface area (Å²) in [6.45, 7) is 2.40. The topological polar surface area (TPSA) is 52.8 Å². The summed E-state index contributed by atoms with van der Waals surface area (Å²) in [5, 5.41) is 0. The molecule has 2 rings (SSSR count). The molecule has 5 nitrogen and oxygen atoms in total. The number of hydrogen-bond donors (Lipinski definition) is 0. The summed E-state index contributed by atoms with van der Waals surface area (Å²) in [6, 6.07) is 5.80. The van der Waals surface area contributed by atoms with E-state index in [2.05, 4.69) is 27.6 Å². The van der Waals surface area contributed by atoms with Gasteiger partial charge in [-0.1, -0.05) is 6.07 Å². The van der Waals surface area contributed by atoms with E-state index >= 15 is 0 Å². The first-order valence-electron chi connectivity index (χ1n) is 5.57. The molecule has 2 aromatic heterocycles. The summed E-state index contributed by atoms with van der Waals surface area (Å²) in [5.74, 6) is -0.351. The van der Waals surface area contributed by atoms with Crippen molar-refractivity contribution in [2.75, 3.05) is 13.2 Å². The molecule has 0 aliphatic carbocycles. The van der Waals surface area contributed by atoms with Crippen molar-refractivity contribution in [2.45, 2.75) is 13.5 Å². The Hall–Kier alpha value is -1.15. The number of hydrogen-bond acceptors (Lipinski definition) is 4. The molecule has 0 spiro atoms. The minimum Gasteiger partial charge on any atom is -0.464 e. The van der Waals surface area contributed by atoms with E-state index in [-0.39, 0.29) is 12.6 Å². The summed E-state index contributed by atoms with van der Waals surface area (Å²) in [4.78, 5) is 15.5. The molecule has 6 heteroatoms. The van der Waals surface area contributed by atoms with Gasteiger partial charge in [-0.2, -0.15) is 0 Å². The second-order valence-corrected chi connectivity index (χ2v) is 4.60. The fraction of sp³-hybridized carbons (Fsp3) is 0.333. The summed E-state index contributed by atoms with van der Waals surface area (Å²) in [7, 11) is 0. The summed E-state index contributed by atoms with van der Waals surface area (Å²) in [5.41, 5.74) is 1.70. The van der Waals surface area contributed by atoms with Crippen molar-refractivity contribution in [3.8, 4) is 0 Å². The van der Waals surface area contributed by atoms with E-state index in [0.29, 0.717) is 13.2 Å². The van der Waals surface area contributed by atoms with Gasteiger partial charge < -0.3 is 9.47 Å². The van der Waals surface area contributed by atoms with E-state index in [9.17, 15) is 4.79 Å². The van der Waals surface area contributed by atoms with Gasteiger partial charge in [0.15, 0.2) is 0 Å². The minimum atomic E-state index is -0.351. The van der Waals surface area contributed by atoms with Crippen LogP contribution in [-0.2, 0) is 20.9 Å². The predicted octanol–water partition coefficient (Wildman–Crippen LogP) is 2.02. The third kappa shape index (κ3) is 2.99. The first kappa shape index (κ1) is 13.3. The van der Waals surface area contributed by atoms with Crippen molar-refractivity contribution in [3.63, 3.8) is 0 Å². The van der Waals surface area contributed by atoms with Crippen LogP contribution in [-0.4, -0.2) is 28.6 Å². The summed E-state index contributed by atoms with van der Waals surface area (Å²) in [6.07, 6.45) is 1.94. The van der Waals surface area contributed by atoms with Gasteiger partial charge in [-0.15, -0.1) is 0 Å². The molecule has 0 atom stereocenters. The van der Waals surface area contributed by atoms with Crippen LogP contribution in [0.25, 0.3) is 5.65 Å². The number of ether oxygens (including phenoxy) is 2. The van der Waals surface area contributed by atoms with Crippen LogP contribution in [0.1, 0.15) is 12.6 Å². The van der Waals surface area contributed by atoms with E-state index in [1.54, 1.807) is 6.92 Å². The van der Waals surface area contributed by atoms with Crippen LogP contribution in [0.5, 0.6) is 0 Å². The van der Waals surface area contributed by atoms with Crippen molar-refractivity contribution in [1.29, 1.82) is 0 Å². The monoisotopic (exact) mass is 360 g/mol. The number of pyridine rings is 1. The molecule has 18 heavy (non-hydrogen) atoms. The van der Waals surface area contributed by atoms with Crippen LogP contribution in [0, 0.1) is 3.70 Å². The second kappa shape index (κ2) is 6.14. The third-order valence-electron chi connectivity index (χ3n) is 2.30. The molecule has 0 fully saturated rings. The second-order valence-electron chi connectivity index (χ2n) is 3.58. The Morgan fingerprint density at radius 2 is 2.33 bits per heavy atom. The highest BCUT2D eigenvalue weighted by atomic mass is 127. The number of rotatable bonds is 5. The Morgan fingerprint density at radius 3 is 3.06 bits per heavy atom. The molecule has 2 heterocycles. The highest BCUT2D eigenvalue weighted by Crippen LogP contribution is 2.15. The molecule has 0 aromatic carbocycles. The van der Waals surface area contributed by atoms with Crippen LogP contribution >= 0.6 is 22.6 Å². The summed E-state index contributed by atoms with van der Waals surface area (Å²) < 4.78 is 13.0. The van der Waals surface area contributed by atoms with Gasteiger partial charge in [0, 0.05) is 6.20 Å². The van der Waals surface area contributed by atoms with Crippen molar-refractivity contribution < 1.29 is 14.3 Å². The largest absolute Gasteiger partial charge is 0.464 e. The first-order valence-corrected chi connectivity index (χ1v) is 6.65. The predicted molar refractivity (Wildman–Crippen MR) is 74.2 cm³/mol. The Kier molecular flexibility index (Phi) is 4.54. The smallest absolute Gasteiger partial charge is 0.332 e. The van der Waals surface area contributed by atoms with Gasteiger partial charge in [0.25, 0.3) is 0 Å². The zero-order valence-corrected chi connectivity index (χ0v) is 12.1. The van der Waals surface area contributed by atoms with Crippen LogP contribution in [0.15, 0.2) is 24.4 Å². The van der Waals surface area contributed by atoms with Crippen molar-refractivity contribution in [2.24, 2.45) is 0 Å². The normalized spacial score (nSPS) is 10.8. The Bertz CT molecular complexity index is 553. The van der Waals surface area contributed by atoms with Gasteiger partial charge in [0.2, 0.25) is 0 Å². The van der Waals surface area contributed by atoms with Crippen molar-refractivity contribution in [1.82, 2.24) is 9.38 Å². The molecule has 0 aliphatic rings. The van der Waals surface area contributed by atoms with Gasteiger partial charge in [-0.25, -0.2) is 9.78 Å². The maximum Gasteiger partial charge on any atom is 0.332 e. The maximum absolute atomic E-state index is 11.1. The number of carbonyl (C=O) groups excluding carboxylic acids is 1. The van der Waals surface area contributed by atoms with Gasteiger partial charge in [0.05, 0.1) is 18.9 Å².